The Morgan fingerprint density at radius 3 is 2.96 bits per heavy atom. The molecule has 1 aromatic heterocycles. The fraction of sp³-hybridized carbons (Fsp3) is 0.500. The summed E-state index contributed by atoms with van der Waals surface area (Å²) in [6.45, 7) is 4.98. The molecule has 1 unspecified atom stereocenters. The Morgan fingerprint density at radius 1 is 1.38 bits per heavy atom. The highest BCUT2D eigenvalue weighted by Gasteiger charge is 2.23. The molecule has 2 aromatic rings. The molecule has 1 saturated heterocycles. The lowest BCUT2D eigenvalue weighted by Gasteiger charge is -2.33. The number of rotatable bonds is 6. The van der Waals surface area contributed by atoms with Crippen LogP contribution in [-0.4, -0.2) is 46.1 Å². The van der Waals surface area contributed by atoms with Gasteiger partial charge in [-0.3, -0.25) is 4.79 Å². The number of aromatic nitrogens is 2. The average molecular weight is 344 g/mol. The number of benzene rings is 1. The Balaban J connectivity index is 1.44. The quantitative estimate of drug-likeness (QED) is 0.875. The summed E-state index contributed by atoms with van der Waals surface area (Å²) < 4.78 is 3.84. The molecule has 0 aliphatic carbocycles. The third-order valence-corrected chi connectivity index (χ3v) is 5.31. The third-order valence-electron chi connectivity index (χ3n) is 4.48. The van der Waals surface area contributed by atoms with Crippen molar-refractivity contribution < 1.29 is 4.79 Å². The van der Waals surface area contributed by atoms with Crippen molar-refractivity contribution in [1.29, 1.82) is 0 Å². The van der Waals surface area contributed by atoms with Crippen molar-refractivity contribution in [3.63, 3.8) is 0 Å². The number of hydrogen-bond acceptors (Lipinski definition) is 5. The standard InChI is InChI=1S/C18H24N4OS/c1-14-17(24-21-20-14)18(23)19-16-10-6-12-22(13-16)11-5-9-15-7-3-2-4-8-15/h2-4,7-8,16H,5-6,9-13H2,1H3,(H,19,23). The van der Waals surface area contributed by atoms with Crippen molar-refractivity contribution in [2.45, 2.75) is 38.6 Å². The minimum absolute atomic E-state index is 0.0290. The van der Waals surface area contributed by atoms with Gasteiger partial charge in [0.15, 0.2) is 0 Å². The Bertz CT molecular complexity index is 658. The first kappa shape index (κ1) is 17.0. The Morgan fingerprint density at radius 2 is 2.21 bits per heavy atom. The van der Waals surface area contributed by atoms with Crippen LogP contribution in [0, 0.1) is 6.92 Å². The summed E-state index contributed by atoms with van der Waals surface area (Å²) in [6, 6.07) is 10.8. The molecule has 1 fully saturated rings. The van der Waals surface area contributed by atoms with Gasteiger partial charge in [0.2, 0.25) is 0 Å². The zero-order valence-electron chi connectivity index (χ0n) is 14.1. The van der Waals surface area contributed by atoms with Crippen molar-refractivity contribution in [1.82, 2.24) is 19.8 Å². The monoisotopic (exact) mass is 344 g/mol. The van der Waals surface area contributed by atoms with Crippen LogP contribution in [0.25, 0.3) is 0 Å². The average Bonchev–Trinajstić information content (AvgIpc) is 3.02. The van der Waals surface area contributed by atoms with Crippen LogP contribution >= 0.6 is 11.5 Å². The van der Waals surface area contributed by atoms with Gasteiger partial charge in [-0.1, -0.05) is 34.8 Å². The molecule has 1 aromatic carbocycles. The van der Waals surface area contributed by atoms with Crippen LogP contribution in [0.5, 0.6) is 0 Å². The first-order chi connectivity index (χ1) is 11.7. The van der Waals surface area contributed by atoms with E-state index in [4.69, 9.17) is 0 Å². The van der Waals surface area contributed by atoms with Crippen LogP contribution in [0.3, 0.4) is 0 Å². The number of carbonyl (C=O) groups is 1. The highest BCUT2D eigenvalue weighted by atomic mass is 32.1. The number of hydrogen-bond donors (Lipinski definition) is 1. The van der Waals surface area contributed by atoms with E-state index in [2.05, 4.69) is 50.1 Å². The predicted octanol–water partition coefficient (Wildman–Crippen LogP) is 2.67. The molecule has 0 saturated carbocycles. The van der Waals surface area contributed by atoms with E-state index in [0.29, 0.717) is 10.6 Å². The van der Waals surface area contributed by atoms with E-state index in [1.54, 1.807) is 0 Å². The second kappa shape index (κ2) is 8.35. The first-order valence-corrected chi connectivity index (χ1v) is 9.36. The molecule has 0 radical (unpaired) electrons. The van der Waals surface area contributed by atoms with Crippen molar-refractivity contribution in [2.75, 3.05) is 19.6 Å². The lowest BCUT2D eigenvalue weighted by molar-refractivity contribution is 0.0906. The summed E-state index contributed by atoms with van der Waals surface area (Å²) in [5.41, 5.74) is 2.11. The Labute approximate surface area is 147 Å². The van der Waals surface area contributed by atoms with Crippen LogP contribution in [0.2, 0.25) is 0 Å². The molecule has 2 heterocycles. The number of carbonyl (C=O) groups excluding carboxylic acids is 1. The van der Waals surface area contributed by atoms with E-state index in [1.165, 1.54) is 17.1 Å². The van der Waals surface area contributed by atoms with Crippen molar-refractivity contribution in [3.8, 4) is 0 Å². The number of aryl methyl sites for hydroxylation is 2. The molecule has 1 amide bonds. The molecule has 0 spiro atoms. The van der Waals surface area contributed by atoms with Crippen molar-refractivity contribution >= 4 is 17.4 Å². The largest absolute Gasteiger partial charge is 0.347 e. The molecule has 24 heavy (non-hydrogen) atoms. The van der Waals surface area contributed by atoms with Crippen LogP contribution in [0.4, 0.5) is 0 Å². The fourth-order valence-electron chi connectivity index (χ4n) is 3.22. The predicted molar refractivity (Wildman–Crippen MR) is 96.3 cm³/mol. The summed E-state index contributed by atoms with van der Waals surface area (Å²) in [5.74, 6) is -0.0290. The molecule has 3 rings (SSSR count). The minimum Gasteiger partial charge on any atom is -0.347 e. The zero-order chi connectivity index (χ0) is 16.8. The summed E-state index contributed by atoms with van der Waals surface area (Å²) in [7, 11) is 0. The zero-order valence-corrected chi connectivity index (χ0v) is 14.9. The SMILES string of the molecule is Cc1nnsc1C(=O)NC1CCCN(CCCc2ccccc2)C1. The van der Waals surface area contributed by atoms with Crippen LogP contribution in [0.15, 0.2) is 30.3 Å². The molecular weight excluding hydrogens is 320 g/mol. The maximum absolute atomic E-state index is 12.3. The summed E-state index contributed by atoms with van der Waals surface area (Å²) in [5, 5.41) is 7.06. The summed E-state index contributed by atoms with van der Waals surface area (Å²) in [4.78, 5) is 15.4. The van der Waals surface area contributed by atoms with Gasteiger partial charge in [-0.2, -0.15) is 0 Å². The van der Waals surface area contributed by atoms with E-state index in [-0.39, 0.29) is 11.9 Å². The van der Waals surface area contributed by atoms with Gasteiger partial charge in [0.1, 0.15) is 4.88 Å². The van der Waals surface area contributed by atoms with Gasteiger partial charge in [0, 0.05) is 12.6 Å². The van der Waals surface area contributed by atoms with E-state index in [1.807, 2.05) is 6.92 Å². The van der Waals surface area contributed by atoms with Gasteiger partial charge in [-0.25, -0.2) is 0 Å². The normalized spacial score (nSPS) is 18.5. The number of amides is 1. The van der Waals surface area contributed by atoms with Crippen molar-refractivity contribution in [3.05, 3.63) is 46.5 Å². The van der Waals surface area contributed by atoms with E-state index < -0.39 is 0 Å². The van der Waals surface area contributed by atoms with Gasteiger partial charge in [-0.05, 0) is 62.8 Å². The molecule has 6 heteroatoms. The van der Waals surface area contributed by atoms with Gasteiger partial charge in [-0.15, -0.1) is 5.10 Å². The van der Waals surface area contributed by atoms with E-state index in [9.17, 15) is 4.79 Å². The van der Waals surface area contributed by atoms with Crippen LogP contribution in [0.1, 0.15) is 40.2 Å². The van der Waals surface area contributed by atoms with Crippen LogP contribution < -0.4 is 5.32 Å². The van der Waals surface area contributed by atoms with E-state index >= 15 is 0 Å². The molecule has 1 N–H and O–H groups in total. The second-order valence-corrected chi connectivity index (χ2v) is 7.14. The number of piperidine rings is 1. The van der Waals surface area contributed by atoms with Gasteiger partial charge in [0.05, 0.1) is 5.69 Å². The summed E-state index contributed by atoms with van der Waals surface area (Å²) in [6.07, 6.45) is 4.45. The number of nitrogens with zero attached hydrogens (tertiary/aromatic N) is 3. The smallest absolute Gasteiger partial charge is 0.265 e. The molecule has 5 nitrogen and oxygen atoms in total. The van der Waals surface area contributed by atoms with E-state index in [0.717, 1.165) is 45.3 Å². The van der Waals surface area contributed by atoms with Gasteiger partial charge < -0.3 is 10.2 Å². The molecular formula is C18H24N4OS. The minimum atomic E-state index is -0.0290. The van der Waals surface area contributed by atoms with Crippen LogP contribution in [-0.2, 0) is 6.42 Å². The topological polar surface area (TPSA) is 58.1 Å². The maximum Gasteiger partial charge on any atom is 0.265 e. The molecule has 1 aliphatic heterocycles. The molecule has 0 bridgehead atoms. The summed E-state index contributed by atoms with van der Waals surface area (Å²) >= 11 is 1.17. The fourth-order valence-corrected chi connectivity index (χ4v) is 3.78. The Kier molecular flexibility index (Phi) is 5.93. The highest BCUT2D eigenvalue weighted by molar-refractivity contribution is 7.08. The molecule has 1 atom stereocenters. The lowest BCUT2D eigenvalue weighted by Crippen LogP contribution is -2.47. The number of likely N-dealkylation sites (tertiary alicyclic amines) is 1. The first-order valence-electron chi connectivity index (χ1n) is 8.58. The van der Waals surface area contributed by atoms with Gasteiger partial charge >= 0.3 is 0 Å². The highest BCUT2D eigenvalue weighted by Crippen LogP contribution is 2.14. The Hall–Kier alpha value is -1.79. The second-order valence-electron chi connectivity index (χ2n) is 6.39. The van der Waals surface area contributed by atoms with Crippen molar-refractivity contribution in [2.24, 2.45) is 0 Å². The molecule has 128 valence electrons. The van der Waals surface area contributed by atoms with Gasteiger partial charge in [0.25, 0.3) is 5.91 Å². The number of nitrogens with one attached hydrogen (secondary N) is 1. The maximum atomic E-state index is 12.3. The third kappa shape index (κ3) is 4.61. The lowest BCUT2D eigenvalue weighted by atomic mass is 10.0. The molecule has 1 aliphatic rings.